The number of rotatable bonds is 4. The zero-order chi connectivity index (χ0) is 13.1. The van der Waals surface area contributed by atoms with Crippen molar-refractivity contribution in [3.8, 4) is 5.75 Å². The molecule has 2 aromatic rings. The number of benzene rings is 1. The fourth-order valence-corrected chi connectivity index (χ4v) is 2.39. The van der Waals surface area contributed by atoms with Crippen molar-refractivity contribution in [3.05, 3.63) is 59.4 Å². The van der Waals surface area contributed by atoms with Crippen LogP contribution in [-0.4, -0.2) is 11.6 Å². The Morgan fingerprint density at radius 1 is 1.26 bits per heavy atom. The molecule has 0 saturated heterocycles. The molecule has 0 bridgehead atoms. The Labute approximate surface area is 113 Å². The Morgan fingerprint density at radius 3 is 2.95 bits per heavy atom. The molecular formula is C16H18N2O. The maximum absolute atomic E-state index is 5.52. The first-order chi connectivity index (χ1) is 9.33. The molecule has 0 spiro atoms. The molecule has 1 atom stereocenters. The third-order valence-electron chi connectivity index (χ3n) is 3.57. The molecule has 98 valence electrons. The summed E-state index contributed by atoms with van der Waals surface area (Å²) in [4.78, 5) is 4.04. The van der Waals surface area contributed by atoms with Gasteiger partial charge in [0.2, 0.25) is 0 Å². The van der Waals surface area contributed by atoms with Crippen molar-refractivity contribution in [1.29, 1.82) is 0 Å². The standard InChI is InChI=1S/C16H18N2O/c1-12(14-4-7-17-8-5-14)18-11-13-2-3-16-15(10-13)6-9-19-16/h2-5,7-8,10,12,18H,6,9,11H2,1H3. The third-order valence-corrected chi connectivity index (χ3v) is 3.57. The summed E-state index contributed by atoms with van der Waals surface area (Å²) in [5.41, 5.74) is 3.90. The highest BCUT2D eigenvalue weighted by molar-refractivity contribution is 5.39. The number of hydrogen-bond donors (Lipinski definition) is 1. The molecule has 2 heterocycles. The number of pyridine rings is 1. The summed E-state index contributed by atoms with van der Waals surface area (Å²) in [7, 11) is 0. The monoisotopic (exact) mass is 254 g/mol. The van der Waals surface area contributed by atoms with Crippen LogP contribution in [0.2, 0.25) is 0 Å². The van der Waals surface area contributed by atoms with Gasteiger partial charge >= 0.3 is 0 Å². The minimum Gasteiger partial charge on any atom is -0.493 e. The van der Waals surface area contributed by atoms with Crippen LogP contribution >= 0.6 is 0 Å². The number of nitrogens with one attached hydrogen (secondary N) is 1. The number of nitrogens with zero attached hydrogens (tertiary/aromatic N) is 1. The second kappa shape index (κ2) is 5.41. The van der Waals surface area contributed by atoms with Crippen LogP contribution in [0.15, 0.2) is 42.7 Å². The van der Waals surface area contributed by atoms with Crippen LogP contribution < -0.4 is 10.1 Å². The summed E-state index contributed by atoms with van der Waals surface area (Å²) in [5.74, 6) is 1.05. The van der Waals surface area contributed by atoms with Gasteiger partial charge in [0.1, 0.15) is 5.75 Å². The Kier molecular flexibility index (Phi) is 3.47. The van der Waals surface area contributed by atoms with Crippen LogP contribution in [-0.2, 0) is 13.0 Å². The Hall–Kier alpha value is -1.87. The normalized spacial score (nSPS) is 14.8. The number of aromatic nitrogens is 1. The van der Waals surface area contributed by atoms with Gasteiger partial charge in [-0.15, -0.1) is 0 Å². The van der Waals surface area contributed by atoms with Crippen LogP contribution in [0, 0.1) is 0 Å². The van der Waals surface area contributed by atoms with E-state index < -0.39 is 0 Å². The average Bonchev–Trinajstić information content (AvgIpc) is 2.93. The lowest BCUT2D eigenvalue weighted by Gasteiger charge is -2.14. The molecular weight excluding hydrogens is 236 g/mol. The smallest absolute Gasteiger partial charge is 0.122 e. The van der Waals surface area contributed by atoms with E-state index in [0.29, 0.717) is 6.04 Å². The SMILES string of the molecule is CC(NCc1ccc2c(c1)CCO2)c1ccncc1. The summed E-state index contributed by atoms with van der Waals surface area (Å²) < 4.78 is 5.52. The van der Waals surface area contributed by atoms with E-state index in [2.05, 4.69) is 35.4 Å². The quantitative estimate of drug-likeness (QED) is 0.911. The summed E-state index contributed by atoms with van der Waals surface area (Å²) in [6, 6.07) is 10.9. The van der Waals surface area contributed by atoms with Crippen molar-refractivity contribution in [2.24, 2.45) is 0 Å². The minimum absolute atomic E-state index is 0.326. The summed E-state index contributed by atoms with van der Waals surface area (Å²) in [6.07, 6.45) is 4.70. The highest BCUT2D eigenvalue weighted by Gasteiger charge is 2.12. The lowest BCUT2D eigenvalue weighted by Crippen LogP contribution is -2.18. The summed E-state index contributed by atoms with van der Waals surface area (Å²) in [5, 5.41) is 3.54. The van der Waals surface area contributed by atoms with E-state index in [4.69, 9.17) is 4.74 Å². The first-order valence-corrected chi connectivity index (χ1v) is 6.71. The van der Waals surface area contributed by atoms with Gasteiger partial charge in [-0.1, -0.05) is 12.1 Å². The molecule has 1 aromatic carbocycles. The minimum atomic E-state index is 0.326. The van der Waals surface area contributed by atoms with Crippen molar-refractivity contribution in [2.45, 2.75) is 25.9 Å². The van der Waals surface area contributed by atoms with Gasteiger partial charge in [-0.25, -0.2) is 0 Å². The summed E-state index contributed by atoms with van der Waals surface area (Å²) in [6.45, 7) is 3.86. The van der Waals surface area contributed by atoms with Crippen molar-refractivity contribution >= 4 is 0 Å². The molecule has 0 amide bonds. The second-order valence-corrected chi connectivity index (χ2v) is 4.92. The molecule has 19 heavy (non-hydrogen) atoms. The molecule has 0 saturated carbocycles. The van der Waals surface area contributed by atoms with Crippen molar-refractivity contribution in [1.82, 2.24) is 10.3 Å². The second-order valence-electron chi connectivity index (χ2n) is 4.92. The number of fused-ring (bicyclic) bond motifs is 1. The molecule has 0 aliphatic carbocycles. The molecule has 0 fully saturated rings. The van der Waals surface area contributed by atoms with Crippen molar-refractivity contribution in [3.63, 3.8) is 0 Å². The zero-order valence-corrected chi connectivity index (χ0v) is 11.1. The Balaban J connectivity index is 1.63. The van der Waals surface area contributed by atoms with Crippen LogP contribution in [0.5, 0.6) is 5.75 Å². The summed E-state index contributed by atoms with van der Waals surface area (Å²) >= 11 is 0. The van der Waals surface area contributed by atoms with Crippen molar-refractivity contribution in [2.75, 3.05) is 6.61 Å². The Morgan fingerprint density at radius 2 is 2.11 bits per heavy atom. The van der Waals surface area contributed by atoms with Crippen LogP contribution in [0.1, 0.15) is 29.7 Å². The first kappa shape index (κ1) is 12.2. The van der Waals surface area contributed by atoms with E-state index >= 15 is 0 Å². The molecule has 1 unspecified atom stereocenters. The van der Waals surface area contributed by atoms with E-state index in [-0.39, 0.29) is 0 Å². The zero-order valence-electron chi connectivity index (χ0n) is 11.1. The number of ether oxygens (including phenoxy) is 1. The van der Waals surface area contributed by atoms with Gasteiger partial charge in [-0.3, -0.25) is 4.98 Å². The van der Waals surface area contributed by atoms with Crippen LogP contribution in [0.25, 0.3) is 0 Å². The molecule has 3 rings (SSSR count). The third kappa shape index (κ3) is 2.76. The van der Waals surface area contributed by atoms with Gasteiger partial charge in [0.25, 0.3) is 0 Å². The predicted octanol–water partition coefficient (Wildman–Crippen LogP) is 2.87. The molecule has 1 N–H and O–H groups in total. The van der Waals surface area contributed by atoms with E-state index in [1.165, 1.54) is 16.7 Å². The fraction of sp³-hybridized carbons (Fsp3) is 0.312. The van der Waals surface area contributed by atoms with Gasteiger partial charge in [0.15, 0.2) is 0 Å². The first-order valence-electron chi connectivity index (χ1n) is 6.71. The van der Waals surface area contributed by atoms with Gasteiger partial charge < -0.3 is 10.1 Å². The van der Waals surface area contributed by atoms with Crippen LogP contribution in [0.3, 0.4) is 0 Å². The highest BCUT2D eigenvalue weighted by atomic mass is 16.5. The molecule has 3 nitrogen and oxygen atoms in total. The predicted molar refractivity (Wildman–Crippen MR) is 75.1 cm³/mol. The molecule has 0 radical (unpaired) electrons. The topological polar surface area (TPSA) is 34.1 Å². The maximum Gasteiger partial charge on any atom is 0.122 e. The van der Waals surface area contributed by atoms with Gasteiger partial charge in [0, 0.05) is 31.4 Å². The van der Waals surface area contributed by atoms with E-state index in [1.54, 1.807) is 0 Å². The molecule has 1 aliphatic rings. The van der Waals surface area contributed by atoms with Gasteiger partial charge in [-0.05, 0) is 41.8 Å². The largest absolute Gasteiger partial charge is 0.493 e. The molecule has 3 heteroatoms. The lowest BCUT2D eigenvalue weighted by molar-refractivity contribution is 0.357. The molecule has 1 aliphatic heterocycles. The maximum atomic E-state index is 5.52. The van der Waals surface area contributed by atoms with Crippen LogP contribution in [0.4, 0.5) is 0 Å². The average molecular weight is 254 g/mol. The van der Waals surface area contributed by atoms with E-state index in [1.807, 2.05) is 24.5 Å². The van der Waals surface area contributed by atoms with Crippen molar-refractivity contribution < 1.29 is 4.74 Å². The van der Waals surface area contributed by atoms with Gasteiger partial charge in [-0.2, -0.15) is 0 Å². The highest BCUT2D eigenvalue weighted by Crippen LogP contribution is 2.26. The number of hydrogen-bond acceptors (Lipinski definition) is 3. The lowest BCUT2D eigenvalue weighted by atomic mass is 10.1. The fourth-order valence-electron chi connectivity index (χ4n) is 2.39. The van der Waals surface area contributed by atoms with E-state index in [9.17, 15) is 0 Å². The Bertz CT molecular complexity index is 554. The van der Waals surface area contributed by atoms with Gasteiger partial charge in [0.05, 0.1) is 6.61 Å². The van der Waals surface area contributed by atoms with E-state index in [0.717, 1.165) is 25.3 Å². The molecule has 1 aromatic heterocycles.